The standard InChI is InChI=1S/C19H21NO3/c1-2-3-10-23-15-8-6-14(7-9-15)20-18(21)16-12-4-5-13(11-12)17(16)19(20)22/h4-9,12-13,16-17H,2-3,10-11H2,1H3/t12-,13-,16-,17+/m0/s1. The van der Waals surface area contributed by atoms with Crippen molar-refractivity contribution in [2.45, 2.75) is 26.2 Å². The molecule has 2 amide bonds. The van der Waals surface area contributed by atoms with Crippen LogP contribution >= 0.6 is 0 Å². The highest BCUT2D eigenvalue weighted by atomic mass is 16.5. The first kappa shape index (κ1) is 14.5. The fourth-order valence-corrected chi connectivity index (χ4v) is 4.18. The van der Waals surface area contributed by atoms with Crippen molar-refractivity contribution in [3.63, 3.8) is 0 Å². The molecule has 1 saturated carbocycles. The van der Waals surface area contributed by atoms with E-state index in [1.165, 1.54) is 4.90 Å². The third-order valence-corrected chi connectivity index (χ3v) is 5.33. The lowest BCUT2D eigenvalue weighted by molar-refractivity contribution is -0.123. The van der Waals surface area contributed by atoms with Crippen LogP contribution in [0.4, 0.5) is 5.69 Å². The van der Waals surface area contributed by atoms with E-state index in [4.69, 9.17) is 4.74 Å². The molecule has 4 atom stereocenters. The van der Waals surface area contributed by atoms with Gasteiger partial charge in [0, 0.05) is 0 Å². The molecular formula is C19H21NO3. The number of ether oxygens (including phenoxy) is 1. The van der Waals surface area contributed by atoms with Crippen molar-refractivity contribution in [1.29, 1.82) is 0 Å². The molecular weight excluding hydrogens is 290 g/mol. The lowest BCUT2D eigenvalue weighted by Gasteiger charge is -2.17. The SMILES string of the molecule is CCCCOc1ccc(N2C(=O)[C@@H]3[C@H](C2=O)[C@H]2C=C[C@H]3C2)cc1. The Morgan fingerprint density at radius 1 is 1.04 bits per heavy atom. The molecule has 0 spiro atoms. The third-order valence-electron chi connectivity index (χ3n) is 5.33. The fourth-order valence-electron chi connectivity index (χ4n) is 4.18. The number of imide groups is 1. The molecule has 120 valence electrons. The average molecular weight is 311 g/mol. The number of hydrogen-bond donors (Lipinski definition) is 0. The summed E-state index contributed by atoms with van der Waals surface area (Å²) in [5, 5.41) is 0. The molecule has 0 unspecified atom stereocenters. The van der Waals surface area contributed by atoms with E-state index in [0.29, 0.717) is 12.3 Å². The van der Waals surface area contributed by atoms with Crippen molar-refractivity contribution >= 4 is 17.5 Å². The number of unbranched alkanes of at least 4 members (excludes halogenated alkanes) is 1. The lowest BCUT2D eigenvalue weighted by atomic mass is 9.85. The van der Waals surface area contributed by atoms with Crippen molar-refractivity contribution in [3.8, 4) is 5.75 Å². The second kappa shape index (κ2) is 5.52. The van der Waals surface area contributed by atoms with E-state index >= 15 is 0 Å². The molecule has 1 heterocycles. The summed E-state index contributed by atoms with van der Waals surface area (Å²) in [5.74, 6) is 0.943. The summed E-state index contributed by atoms with van der Waals surface area (Å²) in [5.41, 5.74) is 0.664. The molecule has 2 bridgehead atoms. The molecule has 1 aliphatic heterocycles. The van der Waals surface area contributed by atoms with E-state index in [-0.39, 0.29) is 35.5 Å². The number of amides is 2. The molecule has 1 aromatic carbocycles. The van der Waals surface area contributed by atoms with Gasteiger partial charge in [-0.2, -0.15) is 0 Å². The molecule has 2 fully saturated rings. The molecule has 0 N–H and O–H groups in total. The number of fused-ring (bicyclic) bond motifs is 5. The van der Waals surface area contributed by atoms with E-state index in [9.17, 15) is 9.59 Å². The quantitative estimate of drug-likeness (QED) is 0.477. The minimum Gasteiger partial charge on any atom is -0.494 e. The first-order valence-corrected chi connectivity index (χ1v) is 8.49. The van der Waals surface area contributed by atoms with Gasteiger partial charge in [0.05, 0.1) is 24.1 Å². The fraction of sp³-hybridized carbons (Fsp3) is 0.474. The van der Waals surface area contributed by atoms with Crippen LogP contribution < -0.4 is 9.64 Å². The van der Waals surface area contributed by atoms with E-state index in [1.54, 1.807) is 0 Å². The lowest BCUT2D eigenvalue weighted by Crippen LogP contribution is -2.32. The Bertz CT molecular complexity index is 634. The Labute approximate surface area is 136 Å². The highest BCUT2D eigenvalue weighted by Gasteiger charge is 2.59. The minimum atomic E-state index is -0.141. The normalized spacial score (nSPS) is 31.1. The number of carbonyl (C=O) groups is 2. The maximum absolute atomic E-state index is 12.7. The first-order chi connectivity index (χ1) is 11.2. The molecule has 4 rings (SSSR count). The first-order valence-electron chi connectivity index (χ1n) is 8.49. The predicted molar refractivity (Wildman–Crippen MR) is 87.1 cm³/mol. The Morgan fingerprint density at radius 2 is 1.65 bits per heavy atom. The number of allylic oxidation sites excluding steroid dienone is 2. The van der Waals surface area contributed by atoms with E-state index < -0.39 is 0 Å². The molecule has 1 saturated heterocycles. The topological polar surface area (TPSA) is 46.6 Å². The zero-order valence-electron chi connectivity index (χ0n) is 13.3. The Hall–Kier alpha value is -2.10. The number of rotatable bonds is 5. The van der Waals surface area contributed by atoms with Crippen molar-refractivity contribution in [1.82, 2.24) is 0 Å². The van der Waals surface area contributed by atoms with Gasteiger partial charge in [0.1, 0.15) is 5.75 Å². The van der Waals surface area contributed by atoms with Crippen LogP contribution in [0.2, 0.25) is 0 Å². The molecule has 23 heavy (non-hydrogen) atoms. The second-order valence-corrected chi connectivity index (χ2v) is 6.71. The third kappa shape index (κ3) is 2.19. The van der Waals surface area contributed by atoms with Crippen molar-refractivity contribution in [2.75, 3.05) is 11.5 Å². The van der Waals surface area contributed by atoms with Crippen LogP contribution in [0.25, 0.3) is 0 Å². The van der Waals surface area contributed by atoms with Gasteiger partial charge in [-0.15, -0.1) is 0 Å². The molecule has 4 heteroatoms. The number of nitrogens with zero attached hydrogens (tertiary/aromatic N) is 1. The van der Waals surface area contributed by atoms with Crippen molar-refractivity contribution in [2.24, 2.45) is 23.7 Å². The van der Waals surface area contributed by atoms with Crippen LogP contribution in [0.3, 0.4) is 0 Å². The molecule has 2 aliphatic carbocycles. The van der Waals surface area contributed by atoms with Crippen LogP contribution in [0.15, 0.2) is 36.4 Å². The van der Waals surface area contributed by atoms with E-state index in [2.05, 4.69) is 19.1 Å². The summed E-state index contributed by atoms with van der Waals surface area (Å²) < 4.78 is 5.64. The molecule has 4 nitrogen and oxygen atoms in total. The highest BCUT2D eigenvalue weighted by Crippen LogP contribution is 2.53. The van der Waals surface area contributed by atoms with Gasteiger partial charge in [-0.05, 0) is 48.9 Å². The van der Waals surface area contributed by atoms with Gasteiger partial charge in [-0.1, -0.05) is 25.5 Å². The van der Waals surface area contributed by atoms with Crippen LogP contribution in [-0.2, 0) is 9.59 Å². The summed E-state index contributed by atoms with van der Waals surface area (Å²) in [6.45, 7) is 2.81. The molecule has 1 aromatic rings. The van der Waals surface area contributed by atoms with E-state index in [0.717, 1.165) is 25.0 Å². The number of benzene rings is 1. The highest BCUT2D eigenvalue weighted by molar-refractivity contribution is 6.22. The van der Waals surface area contributed by atoms with Gasteiger partial charge in [0.2, 0.25) is 11.8 Å². The molecule has 3 aliphatic rings. The van der Waals surface area contributed by atoms with E-state index in [1.807, 2.05) is 24.3 Å². The smallest absolute Gasteiger partial charge is 0.238 e. The predicted octanol–water partition coefficient (Wildman–Crippen LogP) is 3.18. The van der Waals surface area contributed by atoms with Gasteiger partial charge in [0.25, 0.3) is 0 Å². The zero-order chi connectivity index (χ0) is 16.0. The second-order valence-electron chi connectivity index (χ2n) is 6.71. The summed E-state index contributed by atoms with van der Waals surface area (Å²) in [4.78, 5) is 26.8. The van der Waals surface area contributed by atoms with Gasteiger partial charge < -0.3 is 4.74 Å². The summed E-state index contributed by atoms with van der Waals surface area (Å²) >= 11 is 0. The molecule has 0 aromatic heterocycles. The maximum atomic E-state index is 12.7. The van der Waals surface area contributed by atoms with Crippen molar-refractivity contribution in [3.05, 3.63) is 36.4 Å². The molecule has 0 radical (unpaired) electrons. The Morgan fingerprint density at radius 3 is 2.22 bits per heavy atom. The number of carbonyl (C=O) groups excluding carboxylic acids is 2. The van der Waals surface area contributed by atoms with Crippen LogP contribution in [0, 0.1) is 23.7 Å². The van der Waals surface area contributed by atoms with Crippen LogP contribution in [0.5, 0.6) is 5.75 Å². The summed E-state index contributed by atoms with van der Waals surface area (Å²) in [6.07, 6.45) is 7.30. The van der Waals surface area contributed by atoms with Crippen LogP contribution in [0.1, 0.15) is 26.2 Å². The number of anilines is 1. The summed E-state index contributed by atoms with van der Waals surface area (Å²) in [7, 11) is 0. The summed E-state index contributed by atoms with van der Waals surface area (Å²) in [6, 6.07) is 7.31. The minimum absolute atomic E-state index is 0.0310. The Kier molecular flexibility index (Phi) is 3.47. The van der Waals surface area contributed by atoms with Gasteiger partial charge in [-0.25, -0.2) is 0 Å². The van der Waals surface area contributed by atoms with Crippen LogP contribution in [-0.4, -0.2) is 18.4 Å². The van der Waals surface area contributed by atoms with Gasteiger partial charge in [0.15, 0.2) is 0 Å². The average Bonchev–Trinajstić information content (AvgIpc) is 3.23. The zero-order valence-corrected chi connectivity index (χ0v) is 13.3. The largest absolute Gasteiger partial charge is 0.494 e. The van der Waals surface area contributed by atoms with Gasteiger partial charge in [-0.3, -0.25) is 14.5 Å². The Balaban J connectivity index is 1.52. The van der Waals surface area contributed by atoms with Crippen molar-refractivity contribution < 1.29 is 14.3 Å². The maximum Gasteiger partial charge on any atom is 0.238 e. The number of hydrogen-bond acceptors (Lipinski definition) is 3. The van der Waals surface area contributed by atoms with Gasteiger partial charge >= 0.3 is 0 Å². The monoisotopic (exact) mass is 311 g/mol.